The van der Waals surface area contributed by atoms with Gasteiger partial charge in [-0.3, -0.25) is 10.1 Å². The van der Waals surface area contributed by atoms with E-state index in [2.05, 4.69) is 5.32 Å². The highest BCUT2D eigenvalue weighted by Crippen LogP contribution is 1.74. The van der Waals surface area contributed by atoms with E-state index in [1.807, 2.05) is 0 Å². The molecule has 0 saturated carbocycles. The molecular weight excluding hydrogens is 136 g/mol. The number of carbonyl (C=O) groups excluding carboxylic acids is 1. The number of hydrogen-bond acceptors (Lipinski definition) is 4. The molecule has 0 aliphatic carbocycles. The van der Waals surface area contributed by atoms with Gasteiger partial charge in [0.25, 0.3) is 0 Å². The lowest BCUT2D eigenvalue weighted by atomic mass is 10.4. The van der Waals surface area contributed by atoms with Gasteiger partial charge in [-0.15, -0.1) is 0 Å². The van der Waals surface area contributed by atoms with Gasteiger partial charge in [0.05, 0.1) is 6.42 Å². The van der Waals surface area contributed by atoms with E-state index in [0.29, 0.717) is 6.29 Å². The van der Waals surface area contributed by atoms with Crippen LogP contribution in [0.1, 0.15) is 6.42 Å². The van der Waals surface area contributed by atoms with Crippen LogP contribution in [-0.2, 0) is 9.59 Å². The normalized spacial score (nSPS) is 12.5. The number of rotatable bonds is 5. The van der Waals surface area contributed by atoms with Crippen molar-refractivity contribution in [2.75, 3.05) is 6.54 Å². The van der Waals surface area contributed by atoms with Crippen LogP contribution in [0.15, 0.2) is 0 Å². The third-order valence-corrected chi connectivity index (χ3v) is 0.866. The molecule has 10 heavy (non-hydrogen) atoms. The van der Waals surface area contributed by atoms with Crippen molar-refractivity contribution in [3.63, 3.8) is 0 Å². The minimum atomic E-state index is -0.911. The highest BCUT2D eigenvalue weighted by atomic mass is 16.4. The molecule has 0 aromatic heterocycles. The van der Waals surface area contributed by atoms with E-state index < -0.39 is 12.1 Å². The van der Waals surface area contributed by atoms with Crippen LogP contribution in [0.3, 0.4) is 0 Å². The minimum absolute atomic E-state index is 0.0263. The molecule has 0 bridgehead atoms. The van der Waals surface area contributed by atoms with Gasteiger partial charge in [0, 0.05) is 6.54 Å². The molecule has 5 heteroatoms. The Bertz CT molecular complexity index is 126. The zero-order valence-corrected chi connectivity index (χ0v) is 5.41. The first-order chi connectivity index (χ1) is 4.66. The molecule has 58 valence electrons. The predicted octanol–water partition coefficient (Wildman–Crippen LogP) is -1.47. The van der Waals surface area contributed by atoms with Crippen LogP contribution in [0, 0.1) is 0 Å². The van der Waals surface area contributed by atoms with Crippen LogP contribution < -0.4 is 11.1 Å². The molecule has 4 N–H and O–H groups in total. The van der Waals surface area contributed by atoms with Crippen molar-refractivity contribution in [3.05, 3.63) is 0 Å². The van der Waals surface area contributed by atoms with E-state index in [1.165, 1.54) is 0 Å². The molecule has 0 aromatic rings. The maximum Gasteiger partial charge on any atom is 0.304 e. The van der Waals surface area contributed by atoms with Gasteiger partial charge >= 0.3 is 5.97 Å². The highest BCUT2D eigenvalue weighted by Gasteiger charge is 1.99. The average molecular weight is 146 g/mol. The van der Waals surface area contributed by atoms with Crippen molar-refractivity contribution < 1.29 is 14.7 Å². The van der Waals surface area contributed by atoms with E-state index in [4.69, 9.17) is 10.8 Å². The Hall–Kier alpha value is -0.940. The molecule has 1 atom stereocenters. The lowest BCUT2D eigenvalue weighted by Gasteiger charge is -2.03. The standard InChI is InChI=1S/C5H10N2O3/c6-4(3-8)7-2-1-5(9)10/h3-4,7H,1-2,6H2,(H,9,10). The minimum Gasteiger partial charge on any atom is -0.481 e. The summed E-state index contributed by atoms with van der Waals surface area (Å²) in [5, 5.41) is 10.6. The van der Waals surface area contributed by atoms with Crippen molar-refractivity contribution >= 4 is 12.3 Å². The van der Waals surface area contributed by atoms with Gasteiger partial charge in [-0.05, 0) is 0 Å². The fourth-order valence-corrected chi connectivity index (χ4v) is 0.394. The van der Waals surface area contributed by atoms with E-state index in [0.717, 1.165) is 0 Å². The van der Waals surface area contributed by atoms with Gasteiger partial charge in [0.2, 0.25) is 0 Å². The van der Waals surface area contributed by atoms with E-state index in [-0.39, 0.29) is 13.0 Å². The summed E-state index contributed by atoms with van der Waals surface area (Å²) in [4.78, 5) is 19.7. The molecule has 0 spiro atoms. The lowest BCUT2D eigenvalue weighted by molar-refractivity contribution is -0.137. The topological polar surface area (TPSA) is 92.4 Å². The number of carboxylic acids is 1. The fourth-order valence-electron chi connectivity index (χ4n) is 0.394. The summed E-state index contributed by atoms with van der Waals surface area (Å²) in [5.74, 6) is -0.911. The maximum absolute atomic E-state index is 9.90. The number of aldehydes is 1. The van der Waals surface area contributed by atoms with Crippen LogP contribution in [0.5, 0.6) is 0 Å². The molecule has 0 saturated heterocycles. The number of hydrogen-bond donors (Lipinski definition) is 3. The third kappa shape index (κ3) is 5.20. The average Bonchev–Trinajstić information content (AvgIpc) is 1.87. The van der Waals surface area contributed by atoms with Gasteiger partial charge in [-0.2, -0.15) is 0 Å². The zero-order valence-electron chi connectivity index (χ0n) is 5.41. The van der Waals surface area contributed by atoms with Crippen LogP contribution in [0.25, 0.3) is 0 Å². The zero-order chi connectivity index (χ0) is 7.98. The summed E-state index contributed by atoms with van der Waals surface area (Å²) >= 11 is 0. The second-order valence-electron chi connectivity index (χ2n) is 1.76. The molecule has 0 aliphatic heterocycles. The molecule has 0 fully saturated rings. The van der Waals surface area contributed by atoms with Gasteiger partial charge in [0.15, 0.2) is 6.29 Å². The molecule has 0 aromatic carbocycles. The molecule has 1 unspecified atom stereocenters. The third-order valence-electron chi connectivity index (χ3n) is 0.866. The molecular formula is C5H10N2O3. The quantitative estimate of drug-likeness (QED) is 0.325. The fraction of sp³-hybridized carbons (Fsp3) is 0.600. The van der Waals surface area contributed by atoms with Crippen molar-refractivity contribution in [3.8, 4) is 0 Å². The Kier molecular flexibility index (Phi) is 4.43. The summed E-state index contributed by atoms with van der Waals surface area (Å²) in [7, 11) is 0. The summed E-state index contributed by atoms with van der Waals surface area (Å²) in [6, 6.07) is 0. The van der Waals surface area contributed by atoms with Crippen LogP contribution in [0.4, 0.5) is 0 Å². The van der Waals surface area contributed by atoms with Crippen molar-refractivity contribution in [1.29, 1.82) is 0 Å². The molecule has 0 heterocycles. The number of aliphatic carboxylic acids is 1. The first-order valence-electron chi connectivity index (χ1n) is 2.83. The largest absolute Gasteiger partial charge is 0.481 e. The first-order valence-corrected chi connectivity index (χ1v) is 2.83. The van der Waals surface area contributed by atoms with Crippen LogP contribution in [0.2, 0.25) is 0 Å². The number of nitrogens with one attached hydrogen (secondary N) is 1. The smallest absolute Gasteiger partial charge is 0.304 e. The molecule has 0 radical (unpaired) electrons. The first kappa shape index (κ1) is 9.06. The summed E-state index contributed by atoms with van der Waals surface area (Å²) in [5.41, 5.74) is 5.09. The second-order valence-corrected chi connectivity index (χ2v) is 1.76. The van der Waals surface area contributed by atoms with Gasteiger partial charge < -0.3 is 15.6 Å². The number of nitrogens with two attached hydrogens (primary N) is 1. The number of carboxylic acid groups (broad SMARTS) is 1. The monoisotopic (exact) mass is 146 g/mol. The molecule has 0 aliphatic rings. The highest BCUT2D eigenvalue weighted by molar-refractivity contribution is 5.67. The van der Waals surface area contributed by atoms with E-state index in [1.54, 1.807) is 0 Å². The van der Waals surface area contributed by atoms with E-state index >= 15 is 0 Å². The molecule has 5 nitrogen and oxygen atoms in total. The Morgan fingerprint density at radius 1 is 1.80 bits per heavy atom. The van der Waals surface area contributed by atoms with Crippen LogP contribution >= 0.6 is 0 Å². The predicted molar refractivity (Wildman–Crippen MR) is 34.3 cm³/mol. The summed E-state index contributed by atoms with van der Waals surface area (Å²) in [6.45, 7) is 0.218. The van der Waals surface area contributed by atoms with Crippen LogP contribution in [-0.4, -0.2) is 30.1 Å². The Balaban J connectivity index is 3.19. The van der Waals surface area contributed by atoms with E-state index in [9.17, 15) is 9.59 Å². The molecule has 0 rings (SSSR count). The summed E-state index contributed by atoms with van der Waals surface area (Å²) in [6.07, 6.45) is -0.261. The van der Waals surface area contributed by atoms with Crippen molar-refractivity contribution in [2.24, 2.45) is 5.73 Å². The molecule has 0 amide bonds. The Morgan fingerprint density at radius 2 is 2.40 bits per heavy atom. The maximum atomic E-state index is 9.90. The lowest BCUT2D eigenvalue weighted by Crippen LogP contribution is -2.39. The SMILES string of the molecule is NC(C=O)NCCC(=O)O. The van der Waals surface area contributed by atoms with Crippen molar-refractivity contribution in [1.82, 2.24) is 5.32 Å². The second kappa shape index (κ2) is 4.89. The Morgan fingerprint density at radius 3 is 2.80 bits per heavy atom. The summed E-state index contributed by atoms with van der Waals surface area (Å²) < 4.78 is 0. The van der Waals surface area contributed by atoms with Gasteiger partial charge in [0.1, 0.15) is 6.17 Å². The Labute approximate surface area is 58.2 Å². The van der Waals surface area contributed by atoms with Gasteiger partial charge in [-0.1, -0.05) is 0 Å². The van der Waals surface area contributed by atoms with Gasteiger partial charge in [-0.25, -0.2) is 0 Å². The number of carbonyl (C=O) groups is 2. The van der Waals surface area contributed by atoms with Crippen molar-refractivity contribution in [2.45, 2.75) is 12.6 Å².